The number of nitrogens with zero attached hydrogens (tertiary/aromatic N) is 3. The lowest BCUT2D eigenvalue weighted by atomic mass is 9.93. The number of benzene rings is 1. The molecule has 9 heteroatoms. The number of aromatic nitrogens is 1. The van der Waals surface area contributed by atoms with Gasteiger partial charge in [-0.1, -0.05) is 36.0 Å². The van der Waals surface area contributed by atoms with E-state index in [4.69, 9.17) is 16.1 Å². The topological polar surface area (TPSA) is 120 Å². The smallest absolute Gasteiger partial charge is 0.355 e. The molecule has 1 aromatic carbocycles. The third kappa shape index (κ3) is 4.52. The van der Waals surface area contributed by atoms with Crippen molar-refractivity contribution in [3.63, 3.8) is 0 Å². The van der Waals surface area contributed by atoms with Crippen LogP contribution in [0.3, 0.4) is 0 Å². The molecule has 1 unspecified atom stereocenters. The number of carboxylic acid groups (broad SMARTS) is 1. The van der Waals surface area contributed by atoms with Crippen molar-refractivity contribution in [2.45, 2.75) is 35.7 Å². The van der Waals surface area contributed by atoms with Gasteiger partial charge in [0.2, 0.25) is 5.91 Å². The van der Waals surface area contributed by atoms with Gasteiger partial charge in [0.1, 0.15) is 0 Å². The molecule has 1 fully saturated rings. The number of aromatic carboxylic acids is 1. The number of carbonyl (C=O) groups is 2. The molecule has 1 aliphatic rings. The van der Waals surface area contributed by atoms with Gasteiger partial charge in [0, 0.05) is 24.1 Å². The van der Waals surface area contributed by atoms with Crippen molar-refractivity contribution in [3.05, 3.63) is 46.5 Å². The molecule has 0 bridgehead atoms. The summed E-state index contributed by atoms with van der Waals surface area (Å²) in [6.07, 6.45) is 1.44. The second kappa shape index (κ2) is 9.19. The lowest BCUT2D eigenvalue weighted by Crippen LogP contribution is -2.41. The highest BCUT2D eigenvalue weighted by atomic mass is 32.2. The summed E-state index contributed by atoms with van der Waals surface area (Å²) >= 11 is 2.72. The molecule has 0 spiro atoms. The molecule has 0 saturated carbocycles. The molecular formula is C19H20N4O3S2. The summed E-state index contributed by atoms with van der Waals surface area (Å²) in [5.41, 5.74) is 8.37. The molecule has 28 heavy (non-hydrogen) atoms. The average Bonchev–Trinajstić information content (AvgIpc) is 3.30. The Labute approximate surface area is 171 Å². The SMILES string of the molecule is N#CCc1ccccc1C(N)[C@H]1CCC(=O)N1CCSc1nc(C(=O)O)cs1. The maximum atomic E-state index is 12.4. The fourth-order valence-electron chi connectivity index (χ4n) is 3.39. The zero-order chi connectivity index (χ0) is 20.1. The number of carboxylic acids is 1. The van der Waals surface area contributed by atoms with Gasteiger partial charge in [0.05, 0.1) is 24.6 Å². The number of thioether (sulfide) groups is 1. The van der Waals surface area contributed by atoms with E-state index in [1.54, 1.807) is 0 Å². The summed E-state index contributed by atoms with van der Waals surface area (Å²) in [7, 11) is 0. The van der Waals surface area contributed by atoms with Crippen LogP contribution in [0.15, 0.2) is 34.0 Å². The summed E-state index contributed by atoms with van der Waals surface area (Å²) in [5.74, 6) is -0.356. The van der Waals surface area contributed by atoms with Gasteiger partial charge >= 0.3 is 5.97 Å². The zero-order valence-electron chi connectivity index (χ0n) is 15.1. The van der Waals surface area contributed by atoms with Crippen LogP contribution in [0.4, 0.5) is 0 Å². The van der Waals surface area contributed by atoms with E-state index in [2.05, 4.69) is 11.1 Å². The Hall–Kier alpha value is -2.41. The van der Waals surface area contributed by atoms with Gasteiger partial charge in [-0.2, -0.15) is 5.26 Å². The van der Waals surface area contributed by atoms with Gasteiger partial charge in [-0.25, -0.2) is 9.78 Å². The van der Waals surface area contributed by atoms with Gasteiger partial charge in [0.15, 0.2) is 10.0 Å². The second-order valence-corrected chi connectivity index (χ2v) is 8.61. The van der Waals surface area contributed by atoms with Crippen LogP contribution in [0.2, 0.25) is 0 Å². The lowest BCUT2D eigenvalue weighted by molar-refractivity contribution is -0.128. The Kier molecular flexibility index (Phi) is 6.67. The summed E-state index contributed by atoms with van der Waals surface area (Å²) < 4.78 is 0.671. The highest BCUT2D eigenvalue weighted by Crippen LogP contribution is 2.31. The molecular weight excluding hydrogens is 396 g/mol. The van der Waals surface area contributed by atoms with Crippen molar-refractivity contribution in [2.24, 2.45) is 5.73 Å². The van der Waals surface area contributed by atoms with E-state index < -0.39 is 5.97 Å². The molecule has 2 atom stereocenters. The number of nitrogens with two attached hydrogens (primary N) is 1. The van der Waals surface area contributed by atoms with Crippen molar-refractivity contribution < 1.29 is 14.7 Å². The minimum Gasteiger partial charge on any atom is -0.476 e. The van der Waals surface area contributed by atoms with Crippen LogP contribution in [0.1, 0.15) is 40.5 Å². The van der Waals surface area contributed by atoms with Gasteiger partial charge in [-0.15, -0.1) is 11.3 Å². The van der Waals surface area contributed by atoms with Crippen molar-refractivity contribution in [1.82, 2.24) is 9.88 Å². The molecule has 1 saturated heterocycles. The number of rotatable bonds is 8. The molecule has 2 heterocycles. The van der Waals surface area contributed by atoms with Crippen LogP contribution in [0.25, 0.3) is 0 Å². The first-order chi connectivity index (χ1) is 13.5. The molecule has 0 aliphatic carbocycles. The standard InChI is InChI=1S/C19H20N4O3S2/c20-8-7-12-3-1-2-4-13(12)17(21)15-5-6-16(24)23(15)9-10-27-19-22-14(11-28-19)18(25)26/h1-4,11,15,17H,5-7,9-10,21H2,(H,25,26)/t15-,17?/m1/s1. The number of hydrogen-bond acceptors (Lipinski definition) is 7. The van der Waals surface area contributed by atoms with E-state index in [1.165, 1.54) is 28.5 Å². The quantitative estimate of drug-likeness (QED) is 0.635. The molecule has 2 aromatic rings. The fourth-order valence-corrected chi connectivity index (χ4v) is 5.19. The highest BCUT2D eigenvalue weighted by Gasteiger charge is 2.35. The Balaban J connectivity index is 1.66. The monoisotopic (exact) mass is 416 g/mol. The number of nitriles is 1. The molecule has 1 aromatic heterocycles. The van der Waals surface area contributed by atoms with Crippen molar-refractivity contribution in [1.29, 1.82) is 5.26 Å². The predicted octanol–water partition coefficient (Wildman–Crippen LogP) is 2.69. The van der Waals surface area contributed by atoms with Crippen LogP contribution in [0.5, 0.6) is 0 Å². The molecule has 1 amide bonds. The summed E-state index contributed by atoms with van der Waals surface area (Å²) in [5, 5.41) is 19.5. The molecule has 1 aliphatic heterocycles. The van der Waals surface area contributed by atoms with Crippen LogP contribution >= 0.6 is 23.1 Å². The van der Waals surface area contributed by atoms with E-state index in [9.17, 15) is 9.59 Å². The Morgan fingerprint density at radius 1 is 1.50 bits per heavy atom. The first-order valence-electron chi connectivity index (χ1n) is 8.82. The van der Waals surface area contributed by atoms with Crippen molar-refractivity contribution >= 4 is 35.0 Å². The van der Waals surface area contributed by atoms with E-state index in [0.29, 0.717) is 29.5 Å². The maximum Gasteiger partial charge on any atom is 0.355 e. The molecule has 3 rings (SSSR count). The van der Waals surface area contributed by atoms with E-state index in [-0.39, 0.29) is 30.1 Å². The Morgan fingerprint density at radius 3 is 3.00 bits per heavy atom. The normalized spacial score (nSPS) is 17.5. The van der Waals surface area contributed by atoms with E-state index >= 15 is 0 Å². The fraction of sp³-hybridized carbons (Fsp3) is 0.368. The molecule has 7 nitrogen and oxygen atoms in total. The molecule has 146 valence electrons. The summed E-state index contributed by atoms with van der Waals surface area (Å²) in [4.78, 5) is 29.2. The van der Waals surface area contributed by atoms with Crippen LogP contribution in [0, 0.1) is 11.3 Å². The predicted molar refractivity (Wildman–Crippen MR) is 107 cm³/mol. The lowest BCUT2D eigenvalue weighted by Gasteiger charge is -2.30. The first kappa shape index (κ1) is 20.3. The highest BCUT2D eigenvalue weighted by molar-refractivity contribution is 8.01. The van der Waals surface area contributed by atoms with Gasteiger partial charge in [0.25, 0.3) is 0 Å². The van der Waals surface area contributed by atoms with Crippen LogP contribution in [-0.2, 0) is 11.2 Å². The third-order valence-corrected chi connectivity index (χ3v) is 6.73. The van der Waals surface area contributed by atoms with Crippen LogP contribution < -0.4 is 5.73 Å². The number of amides is 1. The second-order valence-electron chi connectivity index (χ2n) is 6.40. The summed E-state index contributed by atoms with van der Waals surface area (Å²) in [6.45, 7) is 0.518. The third-order valence-electron chi connectivity index (χ3n) is 4.73. The van der Waals surface area contributed by atoms with Crippen LogP contribution in [-0.4, -0.2) is 45.2 Å². The Bertz CT molecular complexity index is 909. The minimum absolute atomic E-state index is 0.0405. The van der Waals surface area contributed by atoms with Gasteiger partial charge in [-0.05, 0) is 17.5 Å². The van der Waals surface area contributed by atoms with Gasteiger partial charge in [-0.3, -0.25) is 4.79 Å². The number of hydrogen-bond donors (Lipinski definition) is 2. The van der Waals surface area contributed by atoms with Crippen molar-refractivity contribution in [3.8, 4) is 6.07 Å². The van der Waals surface area contributed by atoms with Crippen molar-refractivity contribution in [2.75, 3.05) is 12.3 Å². The zero-order valence-corrected chi connectivity index (χ0v) is 16.7. The number of thiazole rings is 1. The minimum atomic E-state index is -1.04. The number of carbonyl (C=O) groups excluding carboxylic acids is 1. The van der Waals surface area contributed by atoms with E-state index in [0.717, 1.165) is 11.1 Å². The first-order valence-corrected chi connectivity index (χ1v) is 10.7. The molecule has 0 radical (unpaired) electrons. The summed E-state index contributed by atoms with van der Waals surface area (Å²) in [6, 6.07) is 9.32. The van der Waals surface area contributed by atoms with E-state index in [1.807, 2.05) is 29.2 Å². The Morgan fingerprint density at radius 2 is 2.29 bits per heavy atom. The molecule has 3 N–H and O–H groups in total. The van der Waals surface area contributed by atoms with Gasteiger partial charge < -0.3 is 15.7 Å². The average molecular weight is 417 g/mol. The maximum absolute atomic E-state index is 12.4. The number of likely N-dealkylation sites (tertiary alicyclic amines) is 1. The largest absolute Gasteiger partial charge is 0.476 e.